The quantitative estimate of drug-likeness (QED) is 0.512. The molecule has 1 saturated heterocycles. The van der Waals surface area contributed by atoms with Gasteiger partial charge < -0.3 is 9.42 Å². The largest absolute Gasteiger partial charge is 0.356 e. The SMILES string of the molecule is O=[N+]([O-])c1ccc(N2CCCC(c3nc(-c4cccc(F)c4)no3)C2)nc1. The number of anilines is 1. The van der Waals surface area contributed by atoms with E-state index in [0.29, 0.717) is 29.6 Å². The smallest absolute Gasteiger partial charge is 0.287 e. The summed E-state index contributed by atoms with van der Waals surface area (Å²) in [7, 11) is 0. The molecule has 1 fully saturated rings. The molecule has 138 valence electrons. The first kappa shape index (κ1) is 17.1. The van der Waals surface area contributed by atoms with Gasteiger partial charge in [0.25, 0.3) is 5.69 Å². The second-order valence-corrected chi connectivity index (χ2v) is 6.38. The van der Waals surface area contributed by atoms with Crippen molar-refractivity contribution in [3.63, 3.8) is 0 Å². The molecule has 0 aliphatic carbocycles. The molecule has 1 aliphatic heterocycles. The van der Waals surface area contributed by atoms with E-state index >= 15 is 0 Å². The molecule has 0 spiro atoms. The Balaban J connectivity index is 1.51. The van der Waals surface area contributed by atoms with Gasteiger partial charge in [0.15, 0.2) is 0 Å². The number of hydrogen-bond donors (Lipinski definition) is 0. The summed E-state index contributed by atoms with van der Waals surface area (Å²) in [6, 6.07) is 9.14. The summed E-state index contributed by atoms with van der Waals surface area (Å²) in [5.41, 5.74) is 0.527. The molecule has 0 N–H and O–H groups in total. The van der Waals surface area contributed by atoms with Gasteiger partial charge in [-0.2, -0.15) is 4.98 Å². The Morgan fingerprint density at radius 2 is 2.19 bits per heavy atom. The highest BCUT2D eigenvalue weighted by Crippen LogP contribution is 2.30. The van der Waals surface area contributed by atoms with Crippen molar-refractivity contribution in [2.45, 2.75) is 18.8 Å². The highest BCUT2D eigenvalue weighted by atomic mass is 19.1. The van der Waals surface area contributed by atoms with E-state index in [1.807, 2.05) is 4.90 Å². The number of benzene rings is 1. The lowest BCUT2D eigenvalue weighted by Gasteiger charge is -2.31. The minimum atomic E-state index is -0.470. The molecule has 8 nitrogen and oxygen atoms in total. The van der Waals surface area contributed by atoms with Crippen LogP contribution in [0.3, 0.4) is 0 Å². The topological polar surface area (TPSA) is 98.2 Å². The fraction of sp³-hybridized carbons (Fsp3) is 0.278. The van der Waals surface area contributed by atoms with Crippen LogP contribution in [0.2, 0.25) is 0 Å². The molecule has 0 bridgehead atoms. The maximum Gasteiger partial charge on any atom is 0.287 e. The lowest BCUT2D eigenvalue weighted by atomic mass is 9.98. The summed E-state index contributed by atoms with van der Waals surface area (Å²) in [5.74, 6) is 1.20. The van der Waals surface area contributed by atoms with Gasteiger partial charge in [-0.3, -0.25) is 10.1 Å². The van der Waals surface area contributed by atoms with Crippen molar-refractivity contribution in [2.75, 3.05) is 18.0 Å². The molecule has 4 rings (SSSR count). The third-order valence-electron chi connectivity index (χ3n) is 4.56. The minimum absolute atomic E-state index is 0.0190. The van der Waals surface area contributed by atoms with Gasteiger partial charge in [0, 0.05) is 24.7 Å². The van der Waals surface area contributed by atoms with Crippen molar-refractivity contribution in [1.82, 2.24) is 15.1 Å². The summed E-state index contributed by atoms with van der Waals surface area (Å²) < 4.78 is 18.8. The third kappa shape index (κ3) is 3.62. The maximum absolute atomic E-state index is 13.4. The summed E-state index contributed by atoms with van der Waals surface area (Å²) >= 11 is 0. The number of aromatic nitrogens is 3. The van der Waals surface area contributed by atoms with Crippen molar-refractivity contribution in [3.05, 3.63) is 64.4 Å². The van der Waals surface area contributed by atoms with Gasteiger partial charge in [-0.05, 0) is 31.0 Å². The molecule has 0 saturated carbocycles. The van der Waals surface area contributed by atoms with Gasteiger partial charge in [0.1, 0.15) is 17.8 Å². The van der Waals surface area contributed by atoms with Crippen LogP contribution in [-0.4, -0.2) is 33.1 Å². The van der Waals surface area contributed by atoms with Gasteiger partial charge in [-0.15, -0.1) is 0 Å². The van der Waals surface area contributed by atoms with E-state index in [2.05, 4.69) is 15.1 Å². The number of hydrogen-bond acceptors (Lipinski definition) is 7. The van der Waals surface area contributed by atoms with E-state index in [9.17, 15) is 14.5 Å². The lowest BCUT2D eigenvalue weighted by Crippen LogP contribution is -2.35. The number of piperidine rings is 1. The summed E-state index contributed by atoms with van der Waals surface area (Å²) in [6.07, 6.45) is 3.04. The van der Waals surface area contributed by atoms with Gasteiger partial charge in [-0.1, -0.05) is 17.3 Å². The highest BCUT2D eigenvalue weighted by molar-refractivity contribution is 5.54. The molecular formula is C18H16FN5O3. The van der Waals surface area contributed by atoms with Crippen molar-refractivity contribution in [2.24, 2.45) is 0 Å². The molecule has 1 aliphatic rings. The first-order valence-electron chi connectivity index (χ1n) is 8.55. The number of nitro groups is 1. The van der Waals surface area contributed by atoms with E-state index in [1.54, 1.807) is 18.2 Å². The average molecular weight is 369 g/mol. The van der Waals surface area contributed by atoms with Crippen LogP contribution in [0.25, 0.3) is 11.4 Å². The molecule has 27 heavy (non-hydrogen) atoms. The van der Waals surface area contributed by atoms with Crippen LogP contribution in [0, 0.1) is 15.9 Å². The van der Waals surface area contributed by atoms with E-state index in [-0.39, 0.29) is 17.4 Å². The molecule has 9 heteroatoms. The zero-order valence-corrected chi connectivity index (χ0v) is 14.3. The number of nitrogens with zero attached hydrogens (tertiary/aromatic N) is 5. The number of halogens is 1. The maximum atomic E-state index is 13.4. The Morgan fingerprint density at radius 1 is 1.30 bits per heavy atom. The molecule has 1 atom stereocenters. The zero-order chi connectivity index (χ0) is 18.8. The Labute approximate surface area is 153 Å². The third-order valence-corrected chi connectivity index (χ3v) is 4.56. The summed E-state index contributed by atoms with van der Waals surface area (Å²) in [5, 5.41) is 14.7. The number of rotatable bonds is 4. The first-order valence-corrected chi connectivity index (χ1v) is 8.55. The lowest BCUT2D eigenvalue weighted by molar-refractivity contribution is -0.385. The Hall–Kier alpha value is -3.36. The van der Waals surface area contributed by atoms with Gasteiger partial charge >= 0.3 is 0 Å². The van der Waals surface area contributed by atoms with Crippen LogP contribution >= 0.6 is 0 Å². The molecule has 1 aromatic carbocycles. The van der Waals surface area contributed by atoms with E-state index in [0.717, 1.165) is 19.4 Å². The Kier molecular flexibility index (Phi) is 4.49. The van der Waals surface area contributed by atoms with Gasteiger partial charge in [0.2, 0.25) is 11.7 Å². The van der Waals surface area contributed by atoms with Crippen LogP contribution in [0.1, 0.15) is 24.7 Å². The number of pyridine rings is 1. The molecule has 0 amide bonds. The van der Waals surface area contributed by atoms with Crippen LogP contribution in [0.5, 0.6) is 0 Å². The van der Waals surface area contributed by atoms with Gasteiger partial charge in [-0.25, -0.2) is 9.37 Å². The normalized spacial score (nSPS) is 17.1. The fourth-order valence-electron chi connectivity index (χ4n) is 3.21. The van der Waals surface area contributed by atoms with Crippen molar-refractivity contribution < 1.29 is 13.8 Å². The second-order valence-electron chi connectivity index (χ2n) is 6.38. The molecule has 0 radical (unpaired) electrons. The van der Waals surface area contributed by atoms with Crippen LogP contribution in [0.15, 0.2) is 47.1 Å². The Bertz CT molecular complexity index is 960. The molecular weight excluding hydrogens is 353 g/mol. The van der Waals surface area contributed by atoms with E-state index in [4.69, 9.17) is 4.52 Å². The minimum Gasteiger partial charge on any atom is -0.356 e. The molecule has 2 aromatic heterocycles. The van der Waals surface area contributed by atoms with Gasteiger partial charge in [0.05, 0.1) is 10.8 Å². The van der Waals surface area contributed by atoms with Crippen molar-refractivity contribution in [3.8, 4) is 11.4 Å². The molecule has 1 unspecified atom stereocenters. The molecule has 3 heterocycles. The fourth-order valence-corrected chi connectivity index (χ4v) is 3.21. The highest BCUT2D eigenvalue weighted by Gasteiger charge is 2.27. The van der Waals surface area contributed by atoms with E-state index < -0.39 is 4.92 Å². The predicted octanol–water partition coefficient (Wildman–Crippen LogP) is 3.56. The summed E-state index contributed by atoms with van der Waals surface area (Å²) in [4.78, 5) is 21.0. The monoisotopic (exact) mass is 369 g/mol. The first-order chi connectivity index (χ1) is 13.1. The van der Waals surface area contributed by atoms with Crippen molar-refractivity contribution in [1.29, 1.82) is 0 Å². The van der Waals surface area contributed by atoms with Crippen LogP contribution in [0.4, 0.5) is 15.9 Å². The molecule has 3 aromatic rings. The van der Waals surface area contributed by atoms with Crippen molar-refractivity contribution >= 4 is 11.5 Å². The van der Waals surface area contributed by atoms with Crippen LogP contribution in [-0.2, 0) is 0 Å². The zero-order valence-electron chi connectivity index (χ0n) is 14.3. The average Bonchev–Trinajstić information content (AvgIpc) is 3.18. The summed E-state index contributed by atoms with van der Waals surface area (Å²) in [6.45, 7) is 1.42. The second kappa shape index (κ2) is 7.10. The van der Waals surface area contributed by atoms with E-state index in [1.165, 1.54) is 24.4 Å². The van der Waals surface area contributed by atoms with Crippen LogP contribution < -0.4 is 4.90 Å². The Morgan fingerprint density at radius 3 is 2.93 bits per heavy atom. The standard InChI is InChI=1S/C18H16FN5O3/c19-14-5-1-3-12(9-14)17-21-18(27-22-17)13-4-2-8-23(11-13)16-7-6-15(10-20-16)24(25)26/h1,3,5-7,9-10,13H,2,4,8,11H2. The predicted molar refractivity (Wildman–Crippen MR) is 94.8 cm³/mol.